The summed E-state index contributed by atoms with van der Waals surface area (Å²) in [7, 11) is 0. The highest BCUT2D eigenvalue weighted by Gasteiger charge is 2.23. The van der Waals surface area contributed by atoms with Crippen LogP contribution in [0.5, 0.6) is 0 Å². The van der Waals surface area contributed by atoms with Crippen molar-refractivity contribution < 1.29 is 4.79 Å². The van der Waals surface area contributed by atoms with Crippen LogP contribution in [-0.4, -0.2) is 12.5 Å². The Morgan fingerprint density at radius 3 is 2.75 bits per heavy atom. The van der Waals surface area contributed by atoms with Crippen LogP contribution in [0.15, 0.2) is 40.2 Å². The van der Waals surface area contributed by atoms with Crippen LogP contribution < -0.4 is 5.32 Å². The van der Waals surface area contributed by atoms with Crippen LogP contribution in [-0.2, 0) is 5.41 Å². The van der Waals surface area contributed by atoms with Gasteiger partial charge in [0.05, 0.1) is 0 Å². The summed E-state index contributed by atoms with van der Waals surface area (Å²) in [5, 5.41) is 5.11. The zero-order valence-corrected chi connectivity index (χ0v) is 14.3. The van der Waals surface area contributed by atoms with E-state index in [2.05, 4.69) is 46.5 Å². The van der Waals surface area contributed by atoms with Crippen LogP contribution in [0.4, 0.5) is 0 Å². The number of hydrogen-bond acceptors (Lipinski definition) is 2. The predicted octanol–water partition coefficient (Wildman–Crippen LogP) is 4.53. The molecule has 0 aliphatic carbocycles. The summed E-state index contributed by atoms with van der Waals surface area (Å²) in [6.07, 6.45) is 0. The van der Waals surface area contributed by atoms with Gasteiger partial charge in [0.15, 0.2) is 0 Å². The van der Waals surface area contributed by atoms with Crippen LogP contribution >= 0.6 is 27.3 Å². The molecule has 0 fully saturated rings. The average molecular weight is 352 g/mol. The molecule has 1 aromatic heterocycles. The summed E-state index contributed by atoms with van der Waals surface area (Å²) in [4.78, 5) is 13.6. The Morgan fingerprint density at radius 1 is 1.35 bits per heavy atom. The van der Waals surface area contributed by atoms with Gasteiger partial charge in [-0.2, -0.15) is 0 Å². The molecule has 1 aromatic carbocycles. The van der Waals surface area contributed by atoms with Crippen molar-refractivity contribution in [2.24, 2.45) is 0 Å². The molecule has 2 aromatic rings. The van der Waals surface area contributed by atoms with Gasteiger partial charge in [-0.3, -0.25) is 4.79 Å². The van der Waals surface area contributed by atoms with Crippen molar-refractivity contribution in [2.75, 3.05) is 6.54 Å². The van der Waals surface area contributed by atoms with Crippen molar-refractivity contribution in [3.63, 3.8) is 0 Å². The summed E-state index contributed by atoms with van der Waals surface area (Å²) >= 11 is 5.13. The monoisotopic (exact) mass is 351 g/mol. The molecule has 1 amide bonds. The molecule has 1 N–H and O–H groups in total. The highest BCUT2D eigenvalue weighted by Crippen LogP contribution is 2.26. The number of thiophene rings is 1. The van der Waals surface area contributed by atoms with Gasteiger partial charge >= 0.3 is 0 Å². The highest BCUT2D eigenvalue weighted by molar-refractivity contribution is 9.10. The number of rotatable bonds is 4. The van der Waals surface area contributed by atoms with E-state index in [1.54, 1.807) is 11.3 Å². The first kappa shape index (κ1) is 15.3. The Kier molecular flexibility index (Phi) is 4.66. The van der Waals surface area contributed by atoms with Crippen molar-refractivity contribution in [1.82, 2.24) is 5.32 Å². The minimum Gasteiger partial charge on any atom is -0.351 e. The average Bonchev–Trinajstić information content (AvgIpc) is 2.93. The highest BCUT2D eigenvalue weighted by atomic mass is 79.9. The molecule has 0 unspecified atom stereocenters. The number of halogens is 1. The second kappa shape index (κ2) is 6.10. The summed E-state index contributed by atoms with van der Waals surface area (Å²) in [5.41, 5.74) is 1.66. The van der Waals surface area contributed by atoms with Crippen molar-refractivity contribution >= 4 is 33.2 Å². The van der Waals surface area contributed by atoms with E-state index in [4.69, 9.17) is 0 Å². The molecule has 1 heterocycles. The maximum Gasteiger partial charge on any atom is 0.251 e. The third-order valence-corrected chi connectivity index (χ3v) is 5.05. The Bertz CT molecular complexity index is 605. The van der Waals surface area contributed by atoms with Gasteiger partial charge < -0.3 is 5.32 Å². The molecule has 2 rings (SSSR count). The fourth-order valence-electron chi connectivity index (χ4n) is 1.99. The lowest BCUT2D eigenvalue weighted by atomic mass is 9.91. The van der Waals surface area contributed by atoms with E-state index in [1.807, 2.05) is 31.2 Å². The van der Waals surface area contributed by atoms with E-state index in [9.17, 15) is 4.79 Å². The third kappa shape index (κ3) is 3.49. The fourth-order valence-corrected chi connectivity index (χ4v) is 3.20. The van der Waals surface area contributed by atoms with E-state index < -0.39 is 0 Å². The SMILES string of the molecule is Cc1ccc(Br)cc1C(=O)NCC(C)(C)c1cccs1. The van der Waals surface area contributed by atoms with E-state index in [0.29, 0.717) is 6.54 Å². The van der Waals surface area contributed by atoms with Gasteiger partial charge in [0.25, 0.3) is 5.91 Å². The van der Waals surface area contributed by atoms with Gasteiger partial charge in [0.1, 0.15) is 0 Å². The van der Waals surface area contributed by atoms with Crippen LogP contribution in [0.2, 0.25) is 0 Å². The fraction of sp³-hybridized carbons (Fsp3) is 0.312. The molecule has 0 aliphatic heterocycles. The van der Waals surface area contributed by atoms with Crippen molar-refractivity contribution in [3.05, 3.63) is 56.2 Å². The number of aryl methyl sites for hydroxylation is 1. The van der Waals surface area contributed by atoms with Crippen molar-refractivity contribution in [2.45, 2.75) is 26.2 Å². The molecule has 106 valence electrons. The number of nitrogens with one attached hydrogen (secondary N) is 1. The zero-order valence-electron chi connectivity index (χ0n) is 11.9. The quantitative estimate of drug-likeness (QED) is 0.861. The largest absolute Gasteiger partial charge is 0.351 e. The Labute approximate surface area is 132 Å². The lowest BCUT2D eigenvalue weighted by molar-refractivity contribution is 0.0945. The van der Waals surface area contributed by atoms with Crippen LogP contribution in [0, 0.1) is 6.92 Å². The number of carbonyl (C=O) groups is 1. The van der Waals surface area contributed by atoms with Gasteiger partial charge in [-0.1, -0.05) is 41.9 Å². The molecule has 0 aliphatic rings. The van der Waals surface area contributed by atoms with Gasteiger partial charge in [0.2, 0.25) is 0 Å². The molecule has 2 nitrogen and oxygen atoms in total. The summed E-state index contributed by atoms with van der Waals surface area (Å²) < 4.78 is 0.922. The zero-order chi connectivity index (χ0) is 14.8. The van der Waals surface area contributed by atoms with Crippen LogP contribution in [0.3, 0.4) is 0 Å². The van der Waals surface area contributed by atoms with Gasteiger partial charge in [-0.25, -0.2) is 0 Å². The maximum atomic E-state index is 12.3. The second-order valence-corrected chi connectivity index (χ2v) is 7.37. The van der Waals surface area contributed by atoms with E-state index in [-0.39, 0.29) is 11.3 Å². The van der Waals surface area contributed by atoms with Gasteiger partial charge in [-0.15, -0.1) is 11.3 Å². The molecule has 0 atom stereocenters. The molecule has 0 radical (unpaired) electrons. The summed E-state index contributed by atoms with van der Waals surface area (Å²) in [6, 6.07) is 9.91. The normalized spacial score (nSPS) is 11.4. The topological polar surface area (TPSA) is 29.1 Å². The first-order valence-electron chi connectivity index (χ1n) is 6.48. The molecular weight excluding hydrogens is 334 g/mol. The molecule has 20 heavy (non-hydrogen) atoms. The van der Waals surface area contributed by atoms with Crippen molar-refractivity contribution in [1.29, 1.82) is 0 Å². The lowest BCUT2D eigenvalue weighted by Gasteiger charge is -2.24. The van der Waals surface area contributed by atoms with E-state index >= 15 is 0 Å². The number of amides is 1. The second-order valence-electron chi connectivity index (χ2n) is 5.50. The molecule has 0 saturated carbocycles. The molecule has 4 heteroatoms. The van der Waals surface area contributed by atoms with E-state index in [1.165, 1.54) is 4.88 Å². The minimum absolute atomic E-state index is 0.0200. The number of hydrogen-bond donors (Lipinski definition) is 1. The minimum atomic E-state index is -0.0518. The van der Waals surface area contributed by atoms with Gasteiger partial charge in [0, 0.05) is 26.9 Å². The number of benzene rings is 1. The smallest absolute Gasteiger partial charge is 0.251 e. The Balaban J connectivity index is 2.07. The predicted molar refractivity (Wildman–Crippen MR) is 88.6 cm³/mol. The van der Waals surface area contributed by atoms with Crippen molar-refractivity contribution in [3.8, 4) is 0 Å². The first-order valence-corrected chi connectivity index (χ1v) is 8.16. The van der Waals surface area contributed by atoms with Gasteiger partial charge in [-0.05, 0) is 36.1 Å². The Hall–Kier alpha value is -1.13. The lowest BCUT2D eigenvalue weighted by Crippen LogP contribution is -2.36. The van der Waals surface area contributed by atoms with Crippen LogP contribution in [0.25, 0.3) is 0 Å². The first-order chi connectivity index (χ1) is 9.40. The molecule has 0 spiro atoms. The Morgan fingerprint density at radius 2 is 2.10 bits per heavy atom. The van der Waals surface area contributed by atoms with E-state index in [0.717, 1.165) is 15.6 Å². The molecule has 0 saturated heterocycles. The summed E-state index contributed by atoms with van der Waals surface area (Å²) in [5.74, 6) is -0.0200. The van der Waals surface area contributed by atoms with Crippen LogP contribution in [0.1, 0.15) is 34.6 Å². The third-order valence-electron chi connectivity index (χ3n) is 3.32. The number of carbonyl (C=O) groups excluding carboxylic acids is 1. The maximum absolute atomic E-state index is 12.3. The summed E-state index contributed by atoms with van der Waals surface area (Å²) in [6.45, 7) is 6.86. The molecular formula is C16H18BrNOS. The molecule has 0 bridgehead atoms. The standard InChI is InChI=1S/C16H18BrNOS/c1-11-6-7-12(17)9-13(11)15(19)18-10-16(2,3)14-5-4-8-20-14/h4-9H,10H2,1-3H3,(H,18,19).